The normalized spacial score (nSPS) is 16.8. The van der Waals surface area contributed by atoms with Crippen molar-refractivity contribution in [1.29, 1.82) is 0 Å². The van der Waals surface area contributed by atoms with E-state index in [4.69, 9.17) is 15.2 Å². The average Bonchev–Trinajstić information content (AvgIpc) is 3.40. The summed E-state index contributed by atoms with van der Waals surface area (Å²) in [5, 5.41) is 15.6. The van der Waals surface area contributed by atoms with Crippen LogP contribution in [0.1, 0.15) is 32.7 Å². The molecule has 2 amide bonds. The van der Waals surface area contributed by atoms with E-state index in [9.17, 15) is 34.1 Å². The molecule has 1 fully saturated rings. The second kappa shape index (κ2) is 13.5. The number of esters is 2. The Morgan fingerprint density at radius 2 is 1.88 bits per heavy atom. The number of anilines is 1. The van der Waals surface area contributed by atoms with Gasteiger partial charge in [0.05, 0.1) is 22.2 Å². The molecule has 0 spiro atoms. The van der Waals surface area contributed by atoms with E-state index in [1.807, 2.05) is 0 Å². The zero-order valence-corrected chi connectivity index (χ0v) is 21.9. The van der Waals surface area contributed by atoms with Crippen LogP contribution in [-0.2, 0) is 30.5 Å². The largest absolute Gasteiger partial charge is 0.460 e. The van der Waals surface area contributed by atoms with Crippen molar-refractivity contribution in [3.8, 4) is 0 Å². The molecular weight excluding hydrogens is 544 g/mol. The van der Waals surface area contributed by atoms with Gasteiger partial charge in [0.2, 0.25) is 11.8 Å². The molecule has 1 aliphatic heterocycles. The molecule has 4 N–H and O–H groups in total. The molecule has 13 nitrogen and oxygen atoms in total. The van der Waals surface area contributed by atoms with Gasteiger partial charge >= 0.3 is 11.9 Å². The first-order valence-corrected chi connectivity index (χ1v) is 12.4. The zero-order chi connectivity index (χ0) is 29.4. The standard InChI is InChI=1S/C26H26N4O9S/c1-2-9-38-24(33)18-8-5-15(22(27)31)10-19(18)29-23(32)20-11-16(12-28-20)21(26(35)40)25(34)39-13-14-3-6-17(7-4-14)30(36)37/h2-8,10,16,20-21,28H,1,9,11-13H2,(H2,27,31)(H,29,32)(H,35,40)/t16-,20?,21+/m1/s1. The number of nitrogens with zero attached hydrogens (tertiary/aromatic N) is 1. The van der Waals surface area contributed by atoms with Crippen LogP contribution in [0.4, 0.5) is 11.4 Å². The number of rotatable bonds is 12. The summed E-state index contributed by atoms with van der Waals surface area (Å²) < 4.78 is 10.3. The topological polar surface area (TPSA) is 197 Å². The number of hydrogen-bond donors (Lipinski definition) is 4. The highest BCUT2D eigenvalue weighted by Crippen LogP contribution is 2.28. The van der Waals surface area contributed by atoms with Gasteiger partial charge in [-0.05, 0) is 48.2 Å². The van der Waals surface area contributed by atoms with E-state index in [-0.39, 0.29) is 48.7 Å². The first-order valence-electron chi connectivity index (χ1n) is 11.9. The molecule has 1 saturated heterocycles. The molecule has 0 saturated carbocycles. The molecule has 40 heavy (non-hydrogen) atoms. The Morgan fingerprint density at radius 1 is 1.18 bits per heavy atom. The number of thiol groups is 1. The number of carbonyl (C=O) groups is 5. The highest BCUT2D eigenvalue weighted by molar-refractivity contribution is 7.96. The number of nitro benzene ring substituents is 1. The summed E-state index contributed by atoms with van der Waals surface area (Å²) in [4.78, 5) is 72.3. The van der Waals surface area contributed by atoms with Crippen molar-refractivity contribution in [2.75, 3.05) is 18.5 Å². The summed E-state index contributed by atoms with van der Waals surface area (Å²) >= 11 is 3.83. The van der Waals surface area contributed by atoms with Gasteiger partial charge in [0.1, 0.15) is 19.1 Å². The van der Waals surface area contributed by atoms with Gasteiger partial charge in [-0.2, -0.15) is 0 Å². The third-order valence-electron chi connectivity index (χ3n) is 6.12. The van der Waals surface area contributed by atoms with Crippen LogP contribution in [0.5, 0.6) is 0 Å². The maximum atomic E-state index is 13.1. The van der Waals surface area contributed by atoms with Crippen molar-refractivity contribution in [3.05, 3.63) is 81.9 Å². The van der Waals surface area contributed by atoms with Crippen LogP contribution in [0.25, 0.3) is 0 Å². The van der Waals surface area contributed by atoms with Gasteiger partial charge < -0.3 is 25.8 Å². The molecule has 0 aromatic heterocycles. The third-order valence-corrected chi connectivity index (χ3v) is 6.39. The molecule has 2 aromatic rings. The van der Waals surface area contributed by atoms with E-state index in [0.29, 0.717) is 5.56 Å². The molecule has 1 unspecified atom stereocenters. The maximum Gasteiger partial charge on any atom is 0.340 e. The summed E-state index contributed by atoms with van der Waals surface area (Å²) in [7, 11) is 0. The van der Waals surface area contributed by atoms with E-state index in [1.54, 1.807) is 0 Å². The van der Waals surface area contributed by atoms with Gasteiger partial charge in [0.15, 0.2) is 5.12 Å². The molecule has 1 aliphatic rings. The number of amides is 2. The molecular formula is C26H26N4O9S. The van der Waals surface area contributed by atoms with Gasteiger partial charge in [0, 0.05) is 24.2 Å². The quantitative estimate of drug-likeness (QED) is 0.0729. The number of primary amides is 1. The molecule has 2 aromatic carbocycles. The second-order valence-electron chi connectivity index (χ2n) is 8.80. The van der Waals surface area contributed by atoms with Crippen LogP contribution in [0, 0.1) is 22.0 Å². The highest BCUT2D eigenvalue weighted by Gasteiger charge is 2.41. The zero-order valence-electron chi connectivity index (χ0n) is 21.0. The minimum atomic E-state index is -1.28. The van der Waals surface area contributed by atoms with Crippen molar-refractivity contribution in [1.82, 2.24) is 5.32 Å². The maximum absolute atomic E-state index is 13.1. The van der Waals surface area contributed by atoms with Crippen molar-refractivity contribution in [3.63, 3.8) is 0 Å². The summed E-state index contributed by atoms with van der Waals surface area (Å²) in [6.07, 6.45) is 1.42. The third kappa shape index (κ3) is 7.51. The number of nitrogens with one attached hydrogen (secondary N) is 2. The smallest absolute Gasteiger partial charge is 0.340 e. The number of non-ortho nitro benzene ring substituents is 1. The van der Waals surface area contributed by atoms with Gasteiger partial charge in [-0.3, -0.25) is 29.3 Å². The fourth-order valence-corrected chi connectivity index (χ4v) is 4.40. The highest BCUT2D eigenvalue weighted by atomic mass is 32.1. The number of benzene rings is 2. The van der Waals surface area contributed by atoms with Crippen molar-refractivity contribution >= 4 is 52.9 Å². The fourth-order valence-electron chi connectivity index (χ4n) is 4.08. The SMILES string of the molecule is C=CCOC(=O)c1ccc(C(N)=O)cc1NC(=O)C1C[C@@H]([C@H](C(=O)S)C(=O)OCc2ccc([N+](=O)[O-])cc2)CN1. The first kappa shape index (κ1) is 30.0. The lowest BCUT2D eigenvalue weighted by atomic mass is 9.90. The summed E-state index contributed by atoms with van der Waals surface area (Å²) in [5.41, 5.74) is 5.70. The number of nitro groups is 1. The Hall–Kier alpha value is -4.56. The van der Waals surface area contributed by atoms with Crippen LogP contribution >= 0.6 is 12.6 Å². The molecule has 210 valence electrons. The Balaban J connectivity index is 1.68. The van der Waals surface area contributed by atoms with Crippen LogP contribution in [0.2, 0.25) is 0 Å². The molecule has 1 heterocycles. The van der Waals surface area contributed by atoms with E-state index >= 15 is 0 Å². The van der Waals surface area contributed by atoms with E-state index < -0.39 is 51.7 Å². The lowest BCUT2D eigenvalue weighted by Crippen LogP contribution is -2.36. The van der Waals surface area contributed by atoms with Gasteiger partial charge in [-0.1, -0.05) is 12.7 Å². The van der Waals surface area contributed by atoms with Crippen molar-refractivity contribution in [2.24, 2.45) is 17.6 Å². The van der Waals surface area contributed by atoms with Crippen molar-refractivity contribution in [2.45, 2.75) is 19.1 Å². The molecule has 14 heteroatoms. The Labute approximate surface area is 233 Å². The molecule has 0 aliphatic carbocycles. The number of ether oxygens (including phenoxy) is 2. The predicted molar refractivity (Wildman–Crippen MR) is 144 cm³/mol. The molecule has 3 rings (SSSR count). The lowest BCUT2D eigenvalue weighted by molar-refractivity contribution is -0.384. The summed E-state index contributed by atoms with van der Waals surface area (Å²) in [6, 6.07) is 8.37. The van der Waals surface area contributed by atoms with Gasteiger partial charge in [0.25, 0.3) is 5.69 Å². The van der Waals surface area contributed by atoms with Gasteiger partial charge in [-0.25, -0.2) is 4.79 Å². The molecule has 0 radical (unpaired) electrons. The van der Waals surface area contributed by atoms with Gasteiger partial charge in [-0.15, -0.1) is 12.6 Å². The minimum absolute atomic E-state index is 0.00931. The van der Waals surface area contributed by atoms with E-state index in [0.717, 1.165) is 0 Å². The Morgan fingerprint density at radius 3 is 2.48 bits per heavy atom. The average molecular weight is 571 g/mol. The summed E-state index contributed by atoms with van der Waals surface area (Å²) in [5.74, 6) is -4.91. The van der Waals surface area contributed by atoms with Crippen LogP contribution < -0.4 is 16.4 Å². The monoisotopic (exact) mass is 570 g/mol. The van der Waals surface area contributed by atoms with Crippen LogP contribution in [-0.4, -0.2) is 53.0 Å². The van der Waals surface area contributed by atoms with Crippen LogP contribution in [0.15, 0.2) is 55.1 Å². The minimum Gasteiger partial charge on any atom is -0.460 e. The number of hydrogen-bond acceptors (Lipinski definition) is 10. The predicted octanol–water partition coefficient (Wildman–Crippen LogP) is 1.77. The Bertz CT molecular complexity index is 1350. The Kier molecular flexibility index (Phi) is 10.1. The fraction of sp³-hybridized carbons (Fsp3) is 0.269. The molecule has 0 bridgehead atoms. The van der Waals surface area contributed by atoms with E-state index in [1.165, 1.54) is 48.5 Å². The van der Waals surface area contributed by atoms with Crippen molar-refractivity contribution < 1.29 is 38.4 Å². The van der Waals surface area contributed by atoms with Crippen LogP contribution in [0.3, 0.4) is 0 Å². The second-order valence-corrected chi connectivity index (χ2v) is 9.25. The summed E-state index contributed by atoms with van der Waals surface area (Å²) in [6.45, 7) is 3.28. The number of carbonyl (C=O) groups excluding carboxylic acids is 5. The first-order chi connectivity index (χ1) is 19.0. The lowest BCUT2D eigenvalue weighted by Gasteiger charge is -2.19. The van der Waals surface area contributed by atoms with E-state index in [2.05, 4.69) is 29.8 Å². The number of nitrogens with two attached hydrogens (primary N) is 1. The molecule has 3 atom stereocenters.